The molecule has 1 rings (SSSR count). The van der Waals surface area contributed by atoms with Gasteiger partial charge in [0.25, 0.3) is 0 Å². The molecule has 0 aliphatic rings. The average molecular weight is 275 g/mol. The first-order valence-corrected chi connectivity index (χ1v) is 5.98. The van der Waals surface area contributed by atoms with E-state index in [-0.39, 0.29) is 5.75 Å². The van der Waals surface area contributed by atoms with E-state index in [1.807, 2.05) is 0 Å². The predicted octanol–water partition coefficient (Wildman–Crippen LogP) is 1.65. The van der Waals surface area contributed by atoms with Crippen molar-refractivity contribution in [2.45, 2.75) is 17.9 Å². The number of hydrogen-bond acceptors (Lipinski definition) is 3. The SMILES string of the molecule is C[C@@H](NC(=O)CSc1ccc(F)c(F)c1)C(=O)O. The molecule has 0 radical (unpaired) electrons. The standard InChI is InChI=1S/C11H11F2NO3S/c1-6(11(16)17)14-10(15)5-18-7-2-3-8(12)9(13)4-7/h2-4,6H,5H2,1H3,(H,14,15)(H,16,17)/t6-/m1/s1. The highest BCUT2D eigenvalue weighted by molar-refractivity contribution is 8.00. The van der Waals surface area contributed by atoms with Crippen LogP contribution in [0.5, 0.6) is 0 Å². The molecule has 1 amide bonds. The van der Waals surface area contributed by atoms with Crippen LogP contribution >= 0.6 is 11.8 Å². The van der Waals surface area contributed by atoms with Gasteiger partial charge in [-0.15, -0.1) is 11.8 Å². The summed E-state index contributed by atoms with van der Waals surface area (Å²) in [6.45, 7) is 1.34. The lowest BCUT2D eigenvalue weighted by molar-refractivity contribution is -0.140. The van der Waals surface area contributed by atoms with Gasteiger partial charge in [0.05, 0.1) is 5.75 Å². The number of benzene rings is 1. The number of thioether (sulfide) groups is 1. The van der Waals surface area contributed by atoms with Crippen LogP contribution in [0.25, 0.3) is 0 Å². The zero-order valence-electron chi connectivity index (χ0n) is 9.44. The Kier molecular flexibility index (Phi) is 5.08. The van der Waals surface area contributed by atoms with Gasteiger partial charge in [-0.2, -0.15) is 0 Å². The molecule has 0 aliphatic carbocycles. The molecule has 0 saturated heterocycles. The first kappa shape index (κ1) is 14.4. The molecule has 0 heterocycles. The largest absolute Gasteiger partial charge is 0.480 e. The highest BCUT2D eigenvalue weighted by atomic mass is 32.2. The van der Waals surface area contributed by atoms with Crippen LogP contribution in [0.1, 0.15) is 6.92 Å². The van der Waals surface area contributed by atoms with Crippen molar-refractivity contribution in [2.75, 3.05) is 5.75 Å². The summed E-state index contributed by atoms with van der Waals surface area (Å²) in [6.07, 6.45) is 0. The van der Waals surface area contributed by atoms with Crippen molar-refractivity contribution in [3.8, 4) is 0 Å². The van der Waals surface area contributed by atoms with Gasteiger partial charge in [-0.25, -0.2) is 8.78 Å². The smallest absolute Gasteiger partial charge is 0.325 e. The fourth-order valence-corrected chi connectivity index (χ4v) is 1.79. The Labute approximate surface area is 106 Å². The molecule has 1 aromatic rings. The van der Waals surface area contributed by atoms with E-state index < -0.39 is 29.6 Å². The van der Waals surface area contributed by atoms with Gasteiger partial charge in [0.15, 0.2) is 11.6 Å². The number of carboxylic acids is 1. The van der Waals surface area contributed by atoms with Gasteiger partial charge in [0, 0.05) is 4.90 Å². The molecule has 1 aromatic carbocycles. The Hall–Kier alpha value is -1.63. The minimum absolute atomic E-state index is 0.0668. The van der Waals surface area contributed by atoms with E-state index in [2.05, 4.69) is 5.32 Å². The van der Waals surface area contributed by atoms with Crippen molar-refractivity contribution in [3.63, 3.8) is 0 Å². The number of hydrogen-bond donors (Lipinski definition) is 2. The number of aliphatic carboxylic acids is 1. The van der Waals surface area contributed by atoms with Crippen LogP contribution in [-0.2, 0) is 9.59 Å². The third-order valence-corrected chi connectivity index (χ3v) is 3.00. The molecular weight excluding hydrogens is 264 g/mol. The van der Waals surface area contributed by atoms with Gasteiger partial charge < -0.3 is 10.4 Å². The number of amides is 1. The van der Waals surface area contributed by atoms with E-state index in [1.165, 1.54) is 13.0 Å². The van der Waals surface area contributed by atoms with Crippen molar-refractivity contribution >= 4 is 23.6 Å². The van der Waals surface area contributed by atoms with E-state index in [4.69, 9.17) is 5.11 Å². The Morgan fingerprint density at radius 3 is 2.61 bits per heavy atom. The third-order valence-electron chi connectivity index (χ3n) is 2.01. The van der Waals surface area contributed by atoms with Gasteiger partial charge in [0.1, 0.15) is 6.04 Å². The van der Waals surface area contributed by atoms with Crippen LogP contribution in [0.2, 0.25) is 0 Å². The molecule has 0 spiro atoms. The number of nitrogens with one attached hydrogen (secondary N) is 1. The second-order valence-electron chi connectivity index (χ2n) is 3.49. The fourth-order valence-electron chi connectivity index (χ4n) is 1.06. The molecule has 1 atom stereocenters. The third kappa shape index (κ3) is 4.33. The molecule has 0 bridgehead atoms. The molecule has 0 saturated carbocycles. The van der Waals surface area contributed by atoms with Gasteiger partial charge in [-0.3, -0.25) is 9.59 Å². The van der Waals surface area contributed by atoms with Gasteiger partial charge in [-0.1, -0.05) is 0 Å². The number of halogens is 2. The van der Waals surface area contributed by atoms with Gasteiger partial charge in [-0.05, 0) is 25.1 Å². The molecule has 0 aliphatic heterocycles. The summed E-state index contributed by atoms with van der Waals surface area (Å²) >= 11 is 0.993. The molecule has 0 unspecified atom stereocenters. The van der Waals surface area contributed by atoms with Crippen LogP contribution in [0.4, 0.5) is 8.78 Å². The van der Waals surface area contributed by atoms with Crippen molar-refractivity contribution in [1.29, 1.82) is 0 Å². The normalized spacial score (nSPS) is 11.9. The van der Waals surface area contributed by atoms with Crippen LogP contribution in [0, 0.1) is 11.6 Å². The van der Waals surface area contributed by atoms with Crippen LogP contribution in [0.3, 0.4) is 0 Å². The van der Waals surface area contributed by atoms with Crippen molar-refractivity contribution in [1.82, 2.24) is 5.32 Å². The summed E-state index contributed by atoms with van der Waals surface area (Å²) in [4.78, 5) is 22.2. The summed E-state index contributed by atoms with van der Waals surface area (Å²) in [5.74, 6) is -3.63. The maximum absolute atomic E-state index is 12.9. The molecule has 0 fully saturated rings. The zero-order valence-corrected chi connectivity index (χ0v) is 10.3. The molecule has 0 aromatic heterocycles. The molecular formula is C11H11F2NO3S. The monoisotopic (exact) mass is 275 g/mol. The second-order valence-corrected chi connectivity index (χ2v) is 4.54. The number of carbonyl (C=O) groups excluding carboxylic acids is 1. The maximum Gasteiger partial charge on any atom is 0.325 e. The molecule has 4 nitrogen and oxygen atoms in total. The lowest BCUT2D eigenvalue weighted by atomic mass is 10.3. The molecule has 18 heavy (non-hydrogen) atoms. The predicted molar refractivity (Wildman–Crippen MR) is 62.3 cm³/mol. The minimum atomic E-state index is -1.14. The van der Waals surface area contributed by atoms with E-state index in [0.717, 1.165) is 23.9 Å². The summed E-state index contributed by atoms with van der Waals surface area (Å²) in [5.41, 5.74) is 0. The van der Waals surface area contributed by atoms with Crippen LogP contribution in [-0.4, -0.2) is 28.8 Å². The highest BCUT2D eigenvalue weighted by Crippen LogP contribution is 2.19. The summed E-state index contributed by atoms with van der Waals surface area (Å²) < 4.78 is 25.5. The van der Waals surface area contributed by atoms with Gasteiger partial charge >= 0.3 is 5.97 Å². The number of carbonyl (C=O) groups is 2. The first-order valence-electron chi connectivity index (χ1n) is 5.00. The second kappa shape index (κ2) is 6.34. The maximum atomic E-state index is 12.9. The van der Waals surface area contributed by atoms with E-state index in [0.29, 0.717) is 4.90 Å². The highest BCUT2D eigenvalue weighted by Gasteiger charge is 2.14. The van der Waals surface area contributed by atoms with E-state index in [1.54, 1.807) is 0 Å². The van der Waals surface area contributed by atoms with E-state index in [9.17, 15) is 18.4 Å². The Morgan fingerprint density at radius 2 is 2.06 bits per heavy atom. The quantitative estimate of drug-likeness (QED) is 0.802. The average Bonchev–Trinajstić information content (AvgIpc) is 2.30. The minimum Gasteiger partial charge on any atom is -0.480 e. The van der Waals surface area contributed by atoms with Gasteiger partial charge in [0.2, 0.25) is 5.91 Å². The lowest BCUT2D eigenvalue weighted by Gasteiger charge is -2.08. The summed E-state index contributed by atoms with van der Waals surface area (Å²) in [5, 5.41) is 10.8. The van der Waals surface area contributed by atoms with Crippen LogP contribution in [0.15, 0.2) is 23.1 Å². The fraction of sp³-hybridized carbons (Fsp3) is 0.273. The zero-order chi connectivity index (χ0) is 13.7. The Balaban J connectivity index is 2.47. The topological polar surface area (TPSA) is 66.4 Å². The molecule has 2 N–H and O–H groups in total. The lowest BCUT2D eigenvalue weighted by Crippen LogP contribution is -2.39. The first-order chi connectivity index (χ1) is 8.40. The summed E-state index contributed by atoms with van der Waals surface area (Å²) in [6, 6.07) is 2.31. The molecule has 98 valence electrons. The molecule has 7 heteroatoms. The van der Waals surface area contributed by atoms with Crippen molar-refractivity contribution in [2.24, 2.45) is 0 Å². The van der Waals surface area contributed by atoms with E-state index >= 15 is 0 Å². The van der Waals surface area contributed by atoms with Crippen LogP contribution < -0.4 is 5.32 Å². The number of rotatable bonds is 5. The van der Waals surface area contributed by atoms with Crippen molar-refractivity contribution in [3.05, 3.63) is 29.8 Å². The number of carboxylic acid groups (broad SMARTS) is 1. The Bertz CT molecular complexity index is 468. The summed E-state index contributed by atoms with van der Waals surface area (Å²) in [7, 11) is 0. The van der Waals surface area contributed by atoms with Crippen molar-refractivity contribution < 1.29 is 23.5 Å². The Morgan fingerprint density at radius 1 is 1.39 bits per heavy atom.